The summed E-state index contributed by atoms with van der Waals surface area (Å²) in [7, 11) is 0. The van der Waals surface area contributed by atoms with Crippen LogP contribution in [0.1, 0.15) is 38.9 Å². The maximum Gasteiger partial charge on any atom is 0.326 e. The number of ether oxygens (including phenoxy) is 1. The Morgan fingerprint density at radius 2 is 1.84 bits per heavy atom. The van der Waals surface area contributed by atoms with Gasteiger partial charge in [0, 0.05) is 26.0 Å². The lowest BCUT2D eigenvalue weighted by atomic mass is 10.1. The summed E-state index contributed by atoms with van der Waals surface area (Å²) in [6, 6.07) is 9.24. The highest BCUT2D eigenvalue weighted by molar-refractivity contribution is 5.78. The van der Waals surface area contributed by atoms with Crippen molar-refractivity contribution in [3.8, 4) is 0 Å². The number of nitrogens with zero attached hydrogens (tertiary/aromatic N) is 4. The van der Waals surface area contributed by atoms with Gasteiger partial charge in [-0.15, -0.1) is 0 Å². The summed E-state index contributed by atoms with van der Waals surface area (Å²) in [5.74, 6) is 1.09. The number of hydrogen-bond acceptors (Lipinski definition) is 5. The monoisotopic (exact) mass is 435 g/mol. The molecule has 0 aliphatic carbocycles. The predicted molar refractivity (Wildman–Crippen MR) is 125 cm³/mol. The van der Waals surface area contributed by atoms with Gasteiger partial charge < -0.3 is 14.3 Å². The Bertz CT molecular complexity index is 1310. The fourth-order valence-corrected chi connectivity index (χ4v) is 3.83. The van der Waals surface area contributed by atoms with Gasteiger partial charge in [-0.05, 0) is 43.4 Å². The Morgan fingerprint density at radius 1 is 1.06 bits per heavy atom. The Kier molecular flexibility index (Phi) is 6.80. The van der Waals surface area contributed by atoms with Crippen LogP contribution in [-0.2, 0) is 17.8 Å². The molecular formula is C24H29N5O3. The van der Waals surface area contributed by atoms with Crippen LogP contribution in [-0.4, -0.2) is 37.3 Å². The smallest absolute Gasteiger partial charge is 0.326 e. The van der Waals surface area contributed by atoms with E-state index in [0.717, 1.165) is 31.7 Å². The van der Waals surface area contributed by atoms with Gasteiger partial charge in [-0.25, -0.2) is 4.79 Å². The van der Waals surface area contributed by atoms with E-state index in [0.29, 0.717) is 28.2 Å². The normalized spacial score (nSPS) is 13.6. The number of hydrogen-bond donors (Lipinski definition) is 1. The van der Waals surface area contributed by atoms with Gasteiger partial charge in [0.15, 0.2) is 0 Å². The van der Waals surface area contributed by atoms with Crippen LogP contribution in [0.3, 0.4) is 0 Å². The Hall–Kier alpha value is -3.26. The number of nitrogens with one attached hydrogen (secondary N) is 1. The Balaban J connectivity index is 0.000000433. The van der Waals surface area contributed by atoms with Gasteiger partial charge in [0.05, 0.1) is 34.7 Å². The number of aromatic nitrogens is 5. The second-order valence-electron chi connectivity index (χ2n) is 8.41. The van der Waals surface area contributed by atoms with Crippen molar-refractivity contribution in [2.75, 3.05) is 13.2 Å². The van der Waals surface area contributed by atoms with E-state index in [4.69, 9.17) is 4.74 Å². The molecule has 0 radical (unpaired) electrons. The molecule has 0 unspecified atom stereocenters. The maximum absolute atomic E-state index is 12.5. The molecule has 0 bridgehead atoms. The minimum absolute atomic E-state index is 0.211. The molecule has 1 aliphatic rings. The van der Waals surface area contributed by atoms with Gasteiger partial charge in [0.1, 0.15) is 5.82 Å². The number of aryl methyl sites for hydroxylation is 1. The standard InChI is InChI=1S/C20H21N5O2.C4H8O/c1-13(2)8-10-24-16-6-4-3-5-14(16)19(26)23-18(24)12-25-17-11-21-9-7-15(17)22-20(25)27;1-2-4-5-3-1/h3-7,9,11,13H,8,10,12H2,1-2H3,(H,22,27);1-4H2. The minimum atomic E-state index is -0.271. The molecule has 3 aromatic heterocycles. The molecule has 8 nitrogen and oxygen atoms in total. The van der Waals surface area contributed by atoms with Crippen molar-refractivity contribution in [1.29, 1.82) is 0 Å². The first-order valence-corrected chi connectivity index (χ1v) is 11.1. The van der Waals surface area contributed by atoms with E-state index in [-0.39, 0.29) is 17.8 Å². The van der Waals surface area contributed by atoms with Crippen LogP contribution in [0.25, 0.3) is 21.9 Å². The highest BCUT2D eigenvalue weighted by Gasteiger charge is 2.14. The zero-order valence-corrected chi connectivity index (χ0v) is 18.6. The summed E-state index contributed by atoms with van der Waals surface area (Å²) in [5, 5.41) is 0.595. The molecule has 0 saturated carbocycles. The molecule has 8 heteroatoms. The topological polar surface area (TPSA) is 94.8 Å². The molecule has 0 atom stereocenters. The number of rotatable bonds is 5. The first kappa shape index (κ1) is 22.0. The highest BCUT2D eigenvalue weighted by atomic mass is 16.5. The number of H-pyrrole nitrogens is 1. The molecule has 0 amide bonds. The second-order valence-corrected chi connectivity index (χ2v) is 8.41. The molecule has 4 heterocycles. The van der Waals surface area contributed by atoms with E-state index in [2.05, 4.69) is 33.4 Å². The average molecular weight is 436 g/mol. The average Bonchev–Trinajstić information content (AvgIpc) is 3.46. The lowest BCUT2D eigenvalue weighted by molar-refractivity contribution is 0.198. The Labute approximate surface area is 185 Å². The number of fused-ring (bicyclic) bond motifs is 2. The summed E-state index contributed by atoms with van der Waals surface area (Å²) in [6.45, 7) is 7.26. The van der Waals surface area contributed by atoms with Gasteiger partial charge in [-0.2, -0.15) is 4.98 Å². The van der Waals surface area contributed by atoms with Crippen molar-refractivity contribution < 1.29 is 4.74 Å². The lowest BCUT2D eigenvalue weighted by Crippen LogP contribution is -2.25. The van der Waals surface area contributed by atoms with Crippen LogP contribution in [0.2, 0.25) is 0 Å². The second kappa shape index (κ2) is 9.91. The van der Waals surface area contributed by atoms with Crippen molar-refractivity contribution in [2.45, 2.75) is 46.2 Å². The first-order valence-electron chi connectivity index (χ1n) is 11.1. The molecule has 1 saturated heterocycles. The molecule has 1 fully saturated rings. The van der Waals surface area contributed by atoms with Crippen molar-refractivity contribution in [3.63, 3.8) is 0 Å². The molecule has 1 N–H and O–H groups in total. The van der Waals surface area contributed by atoms with Crippen LogP contribution >= 0.6 is 0 Å². The summed E-state index contributed by atoms with van der Waals surface area (Å²) in [5.41, 5.74) is 1.74. The highest BCUT2D eigenvalue weighted by Crippen LogP contribution is 2.16. The number of benzene rings is 1. The summed E-state index contributed by atoms with van der Waals surface area (Å²) < 4.78 is 8.57. The number of aromatic amines is 1. The zero-order valence-electron chi connectivity index (χ0n) is 18.6. The SMILES string of the molecule is C1CCOC1.CC(C)CCn1c(Cn2c(=O)[nH]c3ccncc32)nc(=O)c2ccccc21. The summed E-state index contributed by atoms with van der Waals surface area (Å²) >= 11 is 0. The fourth-order valence-electron chi connectivity index (χ4n) is 3.83. The van der Waals surface area contributed by atoms with Crippen molar-refractivity contribution >= 4 is 21.9 Å². The van der Waals surface area contributed by atoms with Crippen LogP contribution in [0.5, 0.6) is 0 Å². The van der Waals surface area contributed by atoms with E-state index < -0.39 is 0 Å². The maximum atomic E-state index is 12.5. The predicted octanol–water partition coefficient (Wildman–Crippen LogP) is 3.33. The van der Waals surface area contributed by atoms with E-state index in [1.807, 2.05) is 18.2 Å². The van der Waals surface area contributed by atoms with Crippen LogP contribution in [0.15, 0.2) is 52.3 Å². The van der Waals surface area contributed by atoms with Gasteiger partial charge in [0.2, 0.25) is 0 Å². The number of imidazole rings is 1. The third kappa shape index (κ3) is 4.80. The van der Waals surface area contributed by atoms with Crippen molar-refractivity contribution in [3.05, 3.63) is 69.4 Å². The fraction of sp³-hybridized carbons (Fsp3) is 0.417. The first-order chi connectivity index (χ1) is 15.5. The zero-order chi connectivity index (χ0) is 22.5. The molecule has 32 heavy (non-hydrogen) atoms. The molecular weight excluding hydrogens is 406 g/mol. The van der Waals surface area contributed by atoms with Gasteiger partial charge in [-0.3, -0.25) is 14.3 Å². The van der Waals surface area contributed by atoms with Crippen LogP contribution in [0.4, 0.5) is 0 Å². The van der Waals surface area contributed by atoms with Gasteiger partial charge >= 0.3 is 5.69 Å². The van der Waals surface area contributed by atoms with E-state index in [9.17, 15) is 9.59 Å². The largest absolute Gasteiger partial charge is 0.381 e. The van der Waals surface area contributed by atoms with Crippen molar-refractivity contribution in [2.24, 2.45) is 5.92 Å². The minimum Gasteiger partial charge on any atom is -0.381 e. The summed E-state index contributed by atoms with van der Waals surface area (Å²) in [4.78, 5) is 36.2. The van der Waals surface area contributed by atoms with Crippen LogP contribution in [0, 0.1) is 5.92 Å². The molecule has 4 aromatic rings. The molecule has 1 aliphatic heterocycles. The van der Waals surface area contributed by atoms with Gasteiger partial charge in [0.25, 0.3) is 5.56 Å². The number of para-hydroxylation sites is 1. The van der Waals surface area contributed by atoms with E-state index in [1.165, 1.54) is 12.8 Å². The van der Waals surface area contributed by atoms with E-state index in [1.54, 1.807) is 29.1 Å². The molecule has 0 spiro atoms. The number of pyridine rings is 1. The Morgan fingerprint density at radius 3 is 2.56 bits per heavy atom. The quantitative estimate of drug-likeness (QED) is 0.519. The third-order valence-corrected chi connectivity index (χ3v) is 5.60. The molecule has 168 valence electrons. The van der Waals surface area contributed by atoms with Crippen molar-refractivity contribution in [1.82, 2.24) is 24.1 Å². The van der Waals surface area contributed by atoms with Gasteiger partial charge in [-0.1, -0.05) is 26.0 Å². The summed E-state index contributed by atoms with van der Waals surface area (Å²) in [6.07, 6.45) is 6.78. The van der Waals surface area contributed by atoms with E-state index >= 15 is 0 Å². The molecule has 5 rings (SSSR count). The third-order valence-electron chi connectivity index (χ3n) is 5.60. The van der Waals surface area contributed by atoms with Crippen LogP contribution < -0.4 is 11.2 Å². The molecule has 1 aromatic carbocycles. The lowest BCUT2D eigenvalue weighted by Gasteiger charge is -2.17.